The summed E-state index contributed by atoms with van der Waals surface area (Å²) in [5.41, 5.74) is 0.113. The Morgan fingerprint density at radius 3 is 2.43 bits per heavy atom. The van der Waals surface area contributed by atoms with Crippen molar-refractivity contribution < 1.29 is 29.2 Å². The van der Waals surface area contributed by atoms with Crippen molar-refractivity contribution in [2.75, 3.05) is 20.8 Å². The molecule has 1 aromatic carbocycles. The molecule has 0 amide bonds. The SMILES string of the molecule is COC(OC)C1O[C@@H](CO)[C@@](C)([C@@H](O)CCc2ccccc2)O1. The molecule has 0 aliphatic carbocycles. The van der Waals surface area contributed by atoms with Crippen molar-refractivity contribution in [2.45, 2.75) is 50.2 Å². The number of methoxy groups -OCH3 is 2. The Hall–Kier alpha value is -1.02. The zero-order valence-electron chi connectivity index (χ0n) is 13.8. The maximum atomic E-state index is 10.6. The largest absolute Gasteiger partial charge is 0.394 e. The first-order valence-corrected chi connectivity index (χ1v) is 7.76. The number of aliphatic hydroxyl groups is 2. The second kappa shape index (κ2) is 8.19. The molecule has 1 aromatic rings. The quantitative estimate of drug-likeness (QED) is 0.697. The van der Waals surface area contributed by atoms with Gasteiger partial charge in [-0.1, -0.05) is 30.3 Å². The van der Waals surface area contributed by atoms with E-state index in [1.54, 1.807) is 6.92 Å². The molecule has 1 unspecified atom stereocenters. The molecular formula is C17H26O6. The minimum Gasteiger partial charge on any atom is -0.394 e. The lowest BCUT2D eigenvalue weighted by molar-refractivity contribution is -0.250. The van der Waals surface area contributed by atoms with Crippen molar-refractivity contribution in [1.82, 2.24) is 0 Å². The zero-order chi connectivity index (χ0) is 16.9. The highest BCUT2D eigenvalue weighted by Crippen LogP contribution is 2.36. The van der Waals surface area contributed by atoms with Crippen LogP contribution in [0.2, 0.25) is 0 Å². The van der Waals surface area contributed by atoms with E-state index in [0.717, 1.165) is 5.56 Å². The summed E-state index contributed by atoms with van der Waals surface area (Å²) < 4.78 is 21.8. The highest BCUT2D eigenvalue weighted by atomic mass is 16.8. The van der Waals surface area contributed by atoms with Crippen LogP contribution in [0.1, 0.15) is 18.9 Å². The fourth-order valence-corrected chi connectivity index (χ4v) is 2.84. The summed E-state index contributed by atoms with van der Waals surface area (Å²) in [7, 11) is 2.96. The molecule has 4 atom stereocenters. The fourth-order valence-electron chi connectivity index (χ4n) is 2.84. The van der Waals surface area contributed by atoms with Crippen molar-refractivity contribution in [3.63, 3.8) is 0 Å². The number of ether oxygens (including phenoxy) is 4. The number of aryl methyl sites for hydroxylation is 1. The van der Waals surface area contributed by atoms with Crippen LogP contribution in [0.5, 0.6) is 0 Å². The molecule has 6 nitrogen and oxygen atoms in total. The molecule has 6 heteroatoms. The predicted octanol–water partition coefficient (Wildman–Crippen LogP) is 1.09. The van der Waals surface area contributed by atoms with Crippen LogP contribution in [0.25, 0.3) is 0 Å². The molecule has 0 spiro atoms. The van der Waals surface area contributed by atoms with Gasteiger partial charge in [-0.25, -0.2) is 0 Å². The molecule has 0 bridgehead atoms. The van der Waals surface area contributed by atoms with Crippen LogP contribution in [-0.4, -0.2) is 61.4 Å². The minimum absolute atomic E-state index is 0.254. The minimum atomic E-state index is -1.02. The molecule has 0 saturated carbocycles. The average molecular weight is 326 g/mol. The van der Waals surface area contributed by atoms with E-state index in [-0.39, 0.29) is 6.61 Å². The van der Waals surface area contributed by atoms with Gasteiger partial charge in [-0.15, -0.1) is 0 Å². The number of rotatable bonds is 8. The van der Waals surface area contributed by atoms with Crippen LogP contribution in [0.15, 0.2) is 30.3 Å². The zero-order valence-corrected chi connectivity index (χ0v) is 13.8. The van der Waals surface area contributed by atoms with Gasteiger partial charge in [0.2, 0.25) is 12.6 Å². The van der Waals surface area contributed by atoms with Crippen LogP contribution in [-0.2, 0) is 25.4 Å². The predicted molar refractivity (Wildman–Crippen MR) is 83.8 cm³/mol. The first-order chi connectivity index (χ1) is 11.0. The molecule has 0 aromatic heterocycles. The van der Waals surface area contributed by atoms with Gasteiger partial charge in [0, 0.05) is 14.2 Å². The highest BCUT2D eigenvalue weighted by molar-refractivity contribution is 5.15. The third-order valence-corrected chi connectivity index (χ3v) is 4.37. The second-order valence-corrected chi connectivity index (χ2v) is 5.86. The summed E-state index contributed by atoms with van der Waals surface area (Å²) in [5.74, 6) is 0. The van der Waals surface area contributed by atoms with E-state index in [2.05, 4.69) is 0 Å². The number of hydrogen-bond acceptors (Lipinski definition) is 6. The normalized spacial score (nSPS) is 29.1. The van der Waals surface area contributed by atoms with Crippen LogP contribution in [0.4, 0.5) is 0 Å². The first-order valence-electron chi connectivity index (χ1n) is 7.76. The van der Waals surface area contributed by atoms with Gasteiger partial charge in [-0.05, 0) is 25.3 Å². The molecule has 0 radical (unpaired) electrons. The maximum absolute atomic E-state index is 10.6. The number of aliphatic hydroxyl groups excluding tert-OH is 2. The average Bonchev–Trinajstić information content (AvgIpc) is 2.92. The van der Waals surface area contributed by atoms with Crippen molar-refractivity contribution in [3.05, 3.63) is 35.9 Å². The van der Waals surface area contributed by atoms with E-state index < -0.39 is 30.4 Å². The molecule has 1 heterocycles. The Labute approximate surface area is 136 Å². The lowest BCUT2D eigenvalue weighted by Crippen LogP contribution is -2.49. The van der Waals surface area contributed by atoms with Crippen molar-refractivity contribution in [2.24, 2.45) is 0 Å². The van der Waals surface area contributed by atoms with E-state index in [1.165, 1.54) is 14.2 Å². The van der Waals surface area contributed by atoms with Gasteiger partial charge in [0.05, 0.1) is 12.7 Å². The third-order valence-electron chi connectivity index (χ3n) is 4.37. The van der Waals surface area contributed by atoms with Crippen LogP contribution >= 0.6 is 0 Å². The standard InChI is InChI=1S/C17H26O6/c1-17(13(19)10-9-12-7-5-4-6-8-12)14(11-18)22-16(23-17)15(20-2)21-3/h4-8,13-16,18-19H,9-11H2,1-3H3/t13-,14-,16?,17+/m0/s1. The summed E-state index contributed by atoms with van der Waals surface area (Å²) >= 11 is 0. The Morgan fingerprint density at radius 2 is 1.87 bits per heavy atom. The van der Waals surface area contributed by atoms with Gasteiger partial charge in [0.25, 0.3) is 0 Å². The van der Waals surface area contributed by atoms with Gasteiger partial charge in [0.15, 0.2) is 0 Å². The molecule has 2 N–H and O–H groups in total. The summed E-state index contributed by atoms with van der Waals surface area (Å²) in [6, 6.07) is 9.91. The van der Waals surface area contributed by atoms with Crippen LogP contribution < -0.4 is 0 Å². The van der Waals surface area contributed by atoms with Crippen molar-refractivity contribution in [1.29, 1.82) is 0 Å². The summed E-state index contributed by atoms with van der Waals surface area (Å²) in [6.07, 6.45) is -1.74. The topological polar surface area (TPSA) is 77.4 Å². The Balaban J connectivity index is 2.02. The summed E-state index contributed by atoms with van der Waals surface area (Å²) in [6.45, 7) is 1.49. The van der Waals surface area contributed by atoms with E-state index in [9.17, 15) is 10.2 Å². The van der Waals surface area contributed by atoms with E-state index in [0.29, 0.717) is 12.8 Å². The van der Waals surface area contributed by atoms with Gasteiger partial charge in [-0.2, -0.15) is 0 Å². The summed E-state index contributed by atoms with van der Waals surface area (Å²) in [5, 5.41) is 20.2. The molecule has 1 aliphatic rings. The number of benzene rings is 1. The molecule has 130 valence electrons. The first kappa shape index (κ1) is 18.3. The van der Waals surface area contributed by atoms with E-state index in [4.69, 9.17) is 18.9 Å². The van der Waals surface area contributed by atoms with Gasteiger partial charge in [-0.3, -0.25) is 0 Å². The maximum Gasteiger partial charge on any atom is 0.210 e. The molecule has 1 saturated heterocycles. The van der Waals surface area contributed by atoms with Crippen molar-refractivity contribution in [3.8, 4) is 0 Å². The molecular weight excluding hydrogens is 300 g/mol. The highest BCUT2D eigenvalue weighted by Gasteiger charge is 2.52. The van der Waals surface area contributed by atoms with E-state index >= 15 is 0 Å². The van der Waals surface area contributed by atoms with Crippen LogP contribution in [0.3, 0.4) is 0 Å². The Bertz CT molecular complexity index is 463. The smallest absolute Gasteiger partial charge is 0.210 e. The molecule has 2 rings (SSSR count). The van der Waals surface area contributed by atoms with Crippen LogP contribution in [0, 0.1) is 0 Å². The van der Waals surface area contributed by atoms with Gasteiger partial charge in [0.1, 0.15) is 11.7 Å². The fraction of sp³-hybridized carbons (Fsp3) is 0.647. The number of hydrogen-bond donors (Lipinski definition) is 2. The Morgan fingerprint density at radius 1 is 1.22 bits per heavy atom. The molecule has 1 aliphatic heterocycles. The molecule has 1 fully saturated rings. The van der Waals surface area contributed by atoms with Gasteiger partial charge < -0.3 is 29.2 Å². The van der Waals surface area contributed by atoms with Gasteiger partial charge >= 0.3 is 0 Å². The second-order valence-electron chi connectivity index (χ2n) is 5.86. The summed E-state index contributed by atoms with van der Waals surface area (Å²) in [4.78, 5) is 0. The Kier molecular flexibility index (Phi) is 6.52. The third kappa shape index (κ3) is 4.09. The lowest BCUT2D eigenvalue weighted by atomic mass is 9.89. The monoisotopic (exact) mass is 326 g/mol. The van der Waals surface area contributed by atoms with E-state index in [1.807, 2.05) is 30.3 Å². The lowest BCUT2D eigenvalue weighted by Gasteiger charge is -2.33. The van der Waals surface area contributed by atoms with Crippen molar-refractivity contribution >= 4 is 0 Å². The molecule has 23 heavy (non-hydrogen) atoms.